The number of anilines is 2. The van der Waals surface area contributed by atoms with Crippen LogP contribution in [0, 0.1) is 0 Å². The van der Waals surface area contributed by atoms with E-state index in [4.69, 9.17) is 0 Å². The molecule has 1 fully saturated rings. The number of nitrogens with one attached hydrogen (secondary N) is 3. The molecule has 1 aromatic carbocycles. The quantitative estimate of drug-likeness (QED) is 0.551. The van der Waals surface area contributed by atoms with Gasteiger partial charge in [0.2, 0.25) is 0 Å². The van der Waals surface area contributed by atoms with Crippen LogP contribution in [0.4, 0.5) is 24.5 Å². The van der Waals surface area contributed by atoms with Crippen molar-refractivity contribution in [2.24, 2.45) is 0 Å². The van der Waals surface area contributed by atoms with Crippen LogP contribution in [-0.2, 0) is 6.18 Å². The Kier molecular flexibility index (Phi) is 3.73. The van der Waals surface area contributed by atoms with E-state index >= 15 is 0 Å². The summed E-state index contributed by atoms with van der Waals surface area (Å²) in [6.45, 7) is 1.90. The summed E-state index contributed by atoms with van der Waals surface area (Å²) in [5, 5.41) is 17.8. The van der Waals surface area contributed by atoms with Gasteiger partial charge in [-0.15, -0.1) is 0 Å². The molecular weight excluding hydrogens is 393 g/mol. The SMILES string of the molecule is FC(F)(F)c1[nH]ncc1C1Nc2c(N3CCC3)cc3[nH]ncc3c2C2=C1CCCC2. The van der Waals surface area contributed by atoms with Gasteiger partial charge >= 0.3 is 6.18 Å². The third-order valence-corrected chi connectivity index (χ3v) is 6.63. The Hall–Kier alpha value is -2.97. The molecule has 30 heavy (non-hydrogen) atoms. The largest absolute Gasteiger partial charge is 0.433 e. The number of allylic oxidation sites excluding steroid dienone is 1. The van der Waals surface area contributed by atoms with Crippen LogP contribution in [0.3, 0.4) is 0 Å². The van der Waals surface area contributed by atoms with Crippen LogP contribution in [0.15, 0.2) is 24.0 Å². The number of hydrogen-bond acceptors (Lipinski definition) is 4. The van der Waals surface area contributed by atoms with Gasteiger partial charge in [0.1, 0.15) is 5.69 Å². The lowest BCUT2D eigenvalue weighted by atomic mass is 9.77. The molecular formula is C21H21F3N6. The summed E-state index contributed by atoms with van der Waals surface area (Å²) >= 11 is 0. The molecule has 6 rings (SSSR count). The number of aromatic nitrogens is 4. The normalized spacial score (nSPS) is 21.3. The van der Waals surface area contributed by atoms with Crippen molar-refractivity contribution < 1.29 is 13.2 Å². The van der Waals surface area contributed by atoms with E-state index in [-0.39, 0.29) is 5.56 Å². The molecule has 0 amide bonds. The molecule has 2 aliphatic heterocycles. The van der Waals surface area contributed by atoms with Crippen molar-refractivity contribution in [3.05, 3.63) is 40.9 Å². The number of H-pyrrole nitrogens is 2. The second-order valence-electron chi connectivity index (χ2n) is 8.30. The number of benzene rings is 1. The van der Waals surface area contributed by atoms with E-state index in [9.17, 15) is 13.2 Å². The Labute approximate surface area is 170 Å². The maximum absolute atomic E-state index is 13.7. The van der Waals surface area contributed by atoms with E-state index in [1.54, 1.807) is 0 Å². The molecule has 6 nitrogen and oxygen atoms in total. The number of nitrogens with zero attached hydrogens (tertiary/aromatic N) is 3. The van der Waals surface area contributed by atoms with E-state index in [0.29, 0.717) is 0 Å². The summed E-state index contributed by atoms with van der Waals surface area (Å²) in [6.07, 6.45) is 3.46. The van der Waals surface area contributed by atoms with Gasteiger partial charge in [-0.2, -0.15) is 23.4 Å². The number of aromatic amines is 2. The molecule has 156 valence electrons. The molecule has 3 aliphatic rings. The van der Waals surface area contributed by atoms with Gasteiger partial charge in [-0.1, -0.05) is 0 Å². The zero-order valence-electron chi connectivity index (χ0n) is 16.2. The minimum Gasteiger partial charge on any atom is -0.372 e. The number of hydrogen-bond donors (Lipinski definition) is 3. The zero-order chi connectivity index (χ0) is 20.5. The highest BCUT2D eigenvalue weighted by Crippen LogP contribution is 2.53. The number of alkyl halides is 3. The third-order valence-electron chi connectivity index (χ3n) is 6.63. The lowest BCUT2D eigenvalue weighted by Gasteiger charge is -2.40. The van der Waals surface area contributed by atoms with Crippen molar-refractivity contribution in [3.8, 4) is 0 Å². The van der Waals surface area contributed by atoms with Gasteiger partial charge in [0.15, 0.2) is 0 Å². The molecule has 0 spiro atoms. The van der Waals surface area contributed by atoms with Crippen molar-refractivity contribution in [1.29, 1.82) is 0 Å². The fraction of sp³-hybridized carbons (Fsp3) is 0.429. The highest BCUT2D eigenvalue weighted by Gasteiger charge is 2.41. The molecule has 3 N–H and O–H groups in total. The van der Waals surface area contributed by atoms with Gasteiger partial charge in [-0.3, -0.25) is 10.2 Å². The Bertz CT molecular complexity index is 1170. The summed E-state index contributed by atoms with van der Waals surface area (Å²) in [6, 6.07) is 1.53. The summed E-state index contributed by atoms with van der Waals surface area (Å²) in [5.41, 5.74) is 5.64. The van der Waals surface area contributed by atoms with Crippen LogP contribution in [0.1, 0.15) is 55.0 Å². The lowest BCUT2D eigenvalue weighted by molar-refractivity contribution is -0.141. The van der Waals surface area contributed by atoms with E-state index in [1.807, 2.05) is 6.20 Å². The van der Waals surface area contributed by atoms with Crippen LogP contribution in [-0.4, -0.2) is 33.5 Å². The van der Waals surface area contributed by atoms with Crippen molar-refractivity contribution in [2.75, 3.05) is 23.3 Å². The first-order valence-electron chi connectivity index (χ1n) is 10.4. The molecule has 0 bridgehead atoms. The average molecular weight is 414 g/mol. The first-order chi connectivity index (χ1) is 14.5. The first kappa shape index (κ1) is 17.9. The molecule has 4 heterocycles. The second kappa shape index (κ2) is 6.26. The smallest absolute Gasteiger partial charge is 0.372 e. The standard InChI is InChI=1S/C21H21F3N6/c22-21(23,24)20-14(10-26-29-20)18-12-5-2-1-4-11(12)17-13-9-25-28-15(13)8-16(19(17)27-18)30-6-3-7-30/h8-10,18,27H,1-7H2,(H,25,28)(H,26,29). The minimum absolute atomic E-state index is 0.171. The van der Waals surface area contributed by atoms with Crippen molar-refractivity contribution in [3.63, 3.8) is 0 Å². The monoisotopic (exact) mass is 414 g/mol. The number of halogens is 3. The Morgan fingerprint density at radius 3 is 2.57 bits per heavy atom. The highest BCUT2D eigenvalue weighted by molar-refractivity contribution is 6.05. The van der Waals surface area contributed by atoms with Crippen molar-refractivity contribution >= 4 is 27.9 Å². The van der Waals surface area contributed by atoms with E-state index in [2.05, 4.69) is 36.7 Å². The average Bonchev–Trinajstić information content (AvgIpc) is 3.35. The van der Waals surface area contributed by atoms with Gasteiger partial charge in [-0.25, -0.2) is 0 Å². The van der Waals surface area contributed by atoms with Gasteiger partial charge in [0.05, 0.1) is 35.3 Å². The maximum atomic E-state index is 13.7. The molecule has 3 aromatic rings. The number of fused-ring (bicyclic) bond motifs is 4. The fourth-order valence-corrected chi connectivity index (χ4v) is 5.11. The molecule has 0 saturated carbocycles. The third kappa shape index (κ3) is 2.50. The van der Waals surface area contributed by atoms with Crippen molar-refractivity contribution in [1.82, 2.24) is 20.4 Å². The summed E-state index contributed by atoms with van der Waals surface area (Å²) in [5.74, 6) is 0. The topological polar surface area (TPSA) is 72.6 Å². The van der Waals surface area contributed by atoms with Crippen LogP contribution in [0.5, 0.6) is 0 Å². The summed E-state index contributed by atoms with van der Waals surface area (Å²) in [7, 11) is 0. The first-order valence-corrected chi connectivity index (χ1v) is 10.4. The van der Waals surface area contributed by atoms with Crippen LogP contribution < -0.4 is 10.2 Å². The second-order valence-corrected chi connectivity index (χ2v) is 8.30. The summed E-state index contributed by atoms with van der Waals surface area (Å²) < 4.78 is 41.0. The van der Waals surface area contributed by atoms with Gasteiger partial charge < -0.3 is 10.2 Å². The van der Waals surface area contributed by atoms with E-state index < -0.39 is 17.9 Å². The van der Waals surface area contributed by atoms with Gasteiger partial charge in [0.25, 0.3) is 0 Å². The van der Waals surface area contributed by atoms with Crippen LogP contribution in [0.25, 0.3) is 16.5 Å². The van der Waals surface area contributed by atoms with Crippen molar-refractivity contribution in [2.45, 2.75) is 44.3 Å². The Morgan fingerprint density at radius 1 is 1.00 bits per heavy atom. The highest BCUT2D eigenvalue weighted by atomic mass is 19.4. The van der Waals surface area contributed by atoms with Gasteiger partial charge in [-0.05, 0) is 49.3 Å². The molecule has 9 heteroatoms. The van der Waals surface area contributed by atoms with Crippen LogP contribution >= 0.6 is 0 Å². The van der Waals surface area contributed by atoms with E-state index in [1.165, 1.54) is 11.8 Å². The maximum Gasteiger partial charge on any atom is 0.433 e. The molecule has 0 radical (unpaired) electrons. The van der Waals surface area contributed by atoms with E-state index in [0.717, 1.165) is 78.6 Å². The molecule has 1 saturated heterocycles. The predicted octanol–water partition coefficient (Wildman–Crippen LogP) is 5.01. The fourth-order valence-electron chi connectivity index (χ4n) is 5.11. The Morgan fingerprint density at radius 2 is 1.80 bits per heavy atom. The molecule has 1 aliphatic carbocycles. The van der Waals surface area contributed by atoms with Gasteiger partial charge in [0, 0.05) is 29.6 Å². The minimum atomic E-state index is -4.47. The molecule has 2 aromatic heterocycles. The molecule has 1 atom stereocenters. The van der Waals surface area contributed by atoms with Crippen LogP contribution in [0.2, 0.25) is 0 Å². The summed E-state index contributed by atoms with van der Waals surface area (Å²) in [4.78, 5) is 2.28. The predicted molar refractivity (Wildman–Crippen MR) is 108 cm³/mol. The Balaban J connectivity index is 1.60. The molecule has 1 unspecified atom stereocenters. The zero-order valence-corrected chi connectivity index (χ0v) is 16.2. The lowest BCUT2D eigenvalue weighted by Crippen LogP contribution is -2.38. The number of rotatable bonds is 2.